The molecule has 1 aliphatic rings. The second-order valence-corrected chi connectivity index (χ2v) is 8.22. The van der Waals surface area contributed by atoms with Crippen LogP contribution in [0.1, 0.15) is 22.3 Å². The molecule has 8 heteroatoms. The van der Waals surface area contributed by atoms with E-state index >= 15 is 0 Å². The van der Waals surface area contributed by atoms with Gasteiger partial charge in [-0.2, -0.15) is 4.31 Å². The van der Waals surface area contributed by atoms with Gasteiger partial charge in [0.05, 0.1) is 4.90 Å². The standard InChI is InChI=1S/C17H27N3O4S/c1-14-5-6-15(13-16(14)17(21)18-7-4-12-24-3)25(22,23)20-10-8-19(2)9-11-20/h5-6,13H,4,7-12H2,1-3H3,(H,18,21). The molecule has 0 aliphatic carbocycles. The highest BCUT2D eigenvalue weighted by atomic mass is 32.2. The van der Waals surface area contributed by atoms with Crippen molar-refractivity contribution in [3.05, 3.63) is 29.3 Å². The number of benzene rings is 1. The Morgan fingerprint density at radius 3 is 2.56 bits per heavy atom. The van der Waals surface area contributed by atoms with Crippen molar-refractivity contribution >= 4 is 15.9 Å². The zero-order valence-corrected chi connectivity index (χ0v) is 15.9. The van der Waals surface area contributed by atoms with Crippen LogP contribution in [0.25, 0.3) is 0 Å². The van der Waals surface area contributed by atoms with Crippen LogP contribution in [0.4, 0.5) is 0 Å². The largest absolute Gasteiger partial charge is 0.385 e. The van der Waals surface area contributed by atoms with Crippen LogP contribution in [-0.2, 0) is 14.8 Å². The predicted molar refractivity (Wildman–Crippen MR) is 96.3 cm³/mol. The van der Waals surface area contributed by atoms with E-state index in [0.717, 1.165) is 5.56 Å². The average molecular weight is 369 g/mol. The third-order valence-electron chi connectivity index (χ3n) is 4.36. The fourth-order valence-corrected chi connectivity index (χ4v) is 4.15. The normalized spacial score (nSPS) is 16.8. The number of nitrogens with zero attached hydrogens (tertiary/aromatic N) is 2. The summed E-state index contributed by atoms with van der Waals surface area (Å²) in [5.74, 6) is -0.260. The van der Waals surface area contributed by atoms with Gasteiger partial charge in [0.1, 0.15) is 0 Å². The van der Waals surface area contributed by atoms with Crippen LogP contribution in [0.5, 0.6) is 0 Å². The summed E-state index contributed by atoms with van der Waals surface area (Å²) in [6.45, 7) is 5.20. The molecule has 1 saturated heterocycles. The average Bonchev–Trinajstić information content (AvgIpc) is 2.59. The maximum absolute atomic E-state index is 12.8. The molecule has 2 rings (SSSR count). The van der Waals surface area contributed by atoms with Crippen molar-refractivity contribution in [3.63, 3.8) is 0 Å². The number of likely N-dealkylation sites (N-methyl/N-ethyl adjacent to an activating group) is 1. The van der Waals surface area contributed by atoms with Crippen LogP contribution in [0.2, 0.25) is 0 Å². The van der Waals surface area contributed by atoms with E-state index in [-0.39, 0.29) is 10.8 Å². The topological polar surface area (TPSA) is 78.9 Å². The van der Waals surface area contributed by atoms with Gasteiger partial charge in [0, 0.05) is 52.0 Å². The van der Waals surface area contributed by atoms with E-state index in [9.17, 15) is 13.2 Å². The highest BCUT2D eigenvalue weighted by Crippen LogP contribution is 2.20. The molecule has 1 amide bonds. The first-order chi connectivity index (χ1) is 11.9. The number of aryl methyl sites for hydroxylation is 1. The number of hydrogen-bond acceptors (Lipinski definition) is 5. The highest BCUT2D eigenvalue weighted by Gasteiger charge is 2.28. The molecule has 0 spiro atoms. The van der Waals surface area contributed by atoms with Crippen molar-refractivity contribution in [1.29, 1.82) is 0 Å². The number of hydrogen-bond donors (Lipinski definition) is 1. The van der Waals surface area contributed by atoms with Gasteiger partial charge in [0.2, 0.25) is 10.0 Å². The first kappa shape index (κ1) is 19.8. The first-order valence-corrected chi connectivity index (χ1v) is 9.86. The van der Waals surface area contributed by atoms with Crippen LogP contribution in [0.3, 0.4) is 0 Å². The minimum Gasteiger partial charge on any atom is -0.385 e. The number of piperazine rings is 1. The fraction of sp³-hybridized carbons (Fsp3) is 0.588. The number of carbonyl (C=O) groups excluding carboxylic acids is 1. The molecule has 1 N–H and O–H groups in total. The molecule has 1 heterocycles. The maximum atomic E-state index is 12.8. The highest BCUT2D eigenvalue weighted by molar-refractivity contribution is 7.89. The molecule has 25 heavy (non-hydrogen) atoms. The van der Waals surface area contributed by atoms with Gasteiger partial charge in [-0.1, -0.05) is 6.07 Å². The molecule has 0 saturated carbocycles. The minimum absolute atomic E-state index is 0.171. The van der Waals surface area contributed by atoms with Gasteiger partial charge in [-0.3, -0.25) is 4.79 Å². The number of methoxy groups -OCH3 is 1. The molecule has 1 aromatic rings. The van der Waals surface area contributed by atoms with Crippen LogP contribution >= 0.6 is 0 Å². The Hall–Kier alpha value is -1.48. The van der Waals surface area contributed by atoms with Gasteiger partial charge in [-0.15, -0.1) is 0 Å². The van der Waals surface area contributed by atoms with Gasteiger partial charge in [0.15, 0.2) is 0 Å². The van der Waals surface area contributed by atoms with Gasteiger partial charge in [0.25, 0.3) is 5.91 Å². The molecule has 1 fully saturated rings. The lowest BCUT2D eigenvalue weighted by atomic mass is 10.1. The summed E-state index contributed by atoms with van der Waals surface area (Å²) in [7, 11) is 0.00315. The smallest absolute Gasteiger partial charge is 0.251 e. The Balaban J connectivity index is 2.15. The zero-order valence-electron chi connectivity index (χ0n) is 15.1. The second kappa shape index (κ2) is 8.75. The summed E-state index contributed by atoms with van der Waals surface area (Å²) in [4.78, 5) is 14.6. The van der Waals surface area contributed by atoms with E-state index < -0.39 is 10.0 Å². The van der Waals surface area contributed by atoms with Crippen molar-refractivity contribution in [2.75, 3.05) is 53.5 Å². The van der Waals surface area contributed by atoms with Crippen molar-refractivity contribution < 1.29 is 17.9 Å². The van der Waals surface area contributed by atoms with Gasteiger partial charge < -0.3 is 15.0 Å². The second-order valence-electron chi connectivity index (χ2n) is 6.29. The third-order valence-corrected chi connectivity index (χ3v) is 6.26. The van der Waals surface area contributed by atoms with Crippen molar-refractivity contribution in [3.8, 4) is 0 Å². The Kier molecular flexibility index (Phi) is 6.95. The van der Waals surface area contributed by atoms with Crippen LogP contribution in [0, 0.1) is 6.92 Å². The fourth-order valence-electron chi connectivity index (χ4n) is 2.70. The quantitative estimate of drug-likeness (QED) is 0.716. The van der Waals surface area contributed by atoms with E-state index in [1.807, 2.05) is 7.05 Å². The molecule has 0 bridgehead atoms. The number of nitrogens with one attached hydrogen (secondary N) is 1. The third kappa shape index (κ3) is 5.01. The van der Waals surface area contributed by atoms with Crippen molar-refractivity contribution in [1.82, 2.24) is 14.5 Å². The lowest BCUT2D eigenvalue weighted by Gasteiger charge is -2.31. The number of rotatable bonds is 7. The molecule has 0 atom stereocenters. The number of sulfonamides is 1. The SMILES string of the molecule is COCCCNC(=O)c1cc(S(=O)(=O)N2CCN(C)CC2)ccc1C. The van der Waals surface area contributed by atoms with Gasteiger partial charge in [-0.05, 0) is 38.1 Å². The Morgan fingerprint density at radius 1 is 1.24 bits per heavy atom. The molecular weight excluding hydrogens is 342 g/mol. The molecule has 1 aliphatic heterocycles. The van der Waals surface area contributed by atoms with Crippen molar-refractivity contribution in [2.24, 2.45) is 0 Å². The Labute approximate surface area is 150 Å². The first-order valence-electron chi connectivity index (χ1n) is 8.42. The minimum atomic E-state index is -3.58. The summed E-state index contributed by atoms with van der Waals surface area (Å²) in [6, 6.07) is 4.74. The van der Waals surface area contributed by atoms with E-state index in [1.54, 1.807) is 26.2 Å². The monoisotopic (exact) mass is 369 g/mol. The van der Waals surface area contributed by atoms with Crippen LogP contribution in [0.15, 0.2) is 23.1 Å². The number of ether oxygens (including phenoxy) is 1. The maximum Gasteiger partial charge on any atom is 0.251 e. The van der Waals surface area contributed by atoms with E-state index in [4.69, 9.17) is 4.74 Å². The summed E-state index contributed by atoms with van der Waals surface area (Å²) < 4.78 is 32.1. The van der Waals surface area contributed by atoms with E-state index in [0.29, 0.717) is 51.3 Å². The molecule has 1 aromatic carbocycles. The van der Waals surface area contributed by atoms with E-state index in [1.165, 1.54) is 10.4 Å². The zero-order chi connectivity index (χ0) is 18.4. The van der Waals surface area contributed by atoms with Crippen LogP contribution in [-0.4, -0.2) is 77.0 Å². The summed E-state index contributed by atoms with van der Waals surface area (Å²) >= 11 is 0. The summed E-state index contributed by atoms with van der Waals surface area (Å²) in [5, 5.41) is 2.80. The number of amides is 1. The number of carbonyl (C=O) groups is 1. The molecular formula is C17H27N3O4S. The van der Waals surface area contributed by atoms with Gasteiger partial charge >= 0.3 is 0 Å². The Morgan fingerprint density at radius 2 is 1.92 bits per heavy atom. The van der Waals surface area contributed by atoms with Gasteiger partial charge in [-0.25, -0.2) is 8.42 Å². The van der Waals surface area contributed by atoms with Crippen molar-refractivity contribution in [2.45, 2.75) is 18.2 Å². The molecule has 7 nitrogen and oxygen atoms in total. The molecule has 0 unspecified atom stereocenters. The Bertz CT molecular complexity index is 698. The summed E-state index contributed by atoms with van der Waals surface area (Å²) in [6.07, 6.45) is 0.709. The lowest BCUT2D eigenvalue weighted by Crippen LogP contribution is -2.47. The predicted octanol–water partition coefficient (Wildman–Crippen LogP) is 0.697. The lowest BCUT2D eigenvalue weighted by molar-refractivity contribution is 0.0948. The van der Waals surface area contributed by atoms with Crippen LogP contribution < -0.4 is 5.32 Å². The molecule has 140 valence electrons. The van der Waals surface area contributed by atoms with E-state index in [2.05, 4.69) is 10.2 Å². The molecule has 0 radical (unpaired) electrons. The summed E-state index contributed by atoms with van der Waals surface area (Å²) in [5.41, 5.74) is 1.15. The molecule has 0 aromatic heterocycles.